The van der Waals surface area contributed by atoms with E-state index < -0.39 is 12.0 Å². The van der Waals surface area contributed by atoms with E-state index in [9.17, 15) is 4.79 Å². The maximum Gasteiger partial charge on any atom is 0.323 e. The monoisotopic (exact) mass is 203 g/mol. The quantitative estimate of drug-likeness (QED) is 0.622. The van der Waals surface area contributed by atoms with Crippen LogP contribution in [0.1, 0.15) is 33.6 Å². The SMILES string of the molecule is CC(C)CC(C)OC(=O)[C@@H](N)CCO. The summed E-state index contributed by atoms with van der Waals surface area (Å²) in [6.45, 7) is 5.90. The smallest absolute Gasteiger partial charge is 0.323 e. The molecule has 4 nitrogen and oxygen atoms in total. The van der Waals surface area contributed by atoms with Crippen molar-refractivity contribution in [2.45, 2.75) is 45.8 Å². The lowest BCUT2D eigenvalue weighted by atomic mass is 10.1. The van der Waals surface area contributed by atoms with Gasteiger partial charge in [-0.25, -0.2) is 0 Å². The van der Waals surface area contributed by atoms with Gasteiger partial charge in [0.05, 0.1) is 6.10 Å². The molecular formula is C10H21NO3. The molecule has 3 N–H and O–H groups in total. The summed E-state index contributed by atoms with van der Waals surface area (Å²) in [6, 6.07) is -0.699. The van der Waals surface area contributed by atoms with Crippen LogP contribution >= 0.6 is 0 Å². The van der Waals surface area contributed by atoms with Crippen LogP contribution in [-0.4, -0.2) is 29.8 Å². The molecule has 0 aliphatic rings. The molecule has 0 spiro atoms. The Morgan fingerprint density at radius 2 is 2.00 bits per heavy atom. The van der Waals surface area contributed by atoms with Gasteiger partial charge >= 0.3 is 5.97 Å². The number of aliphatic hydroxyl groups excluding tert-OH is 1. The summed E-state index contributed by atoms with van der Waals surface area (Å²) < 4.78 is 5.10. The van der Waals surface area contributed by atoms with E-state index in [1.165, 1.54) is 0 Å². The summed E-state index contributed by atoms with van der Waals surface area (Å²) in [5, 5.41) is 8.58. The zero-order chi connectivity index (χ0) is 11.1. The van der Waals surface area contributed by atoms with Gasteiger partial charge in [-0.1, -0.05) is 13.8 Å². The van der Waals surface area contributed by atoms with Crippen molar-refractivity contribution in [3.8, 4) is 0 Å². The number of carbonyl (C=O) groups excluding carboxylic acids is 1. The minimum absolute atomic E-state index is 0.0885. The first-order valence-corrected chi connectivity index (χ1v) is 5.04. The number of hydrogen-bond donors (Lipinski definition) is 2. The summed E-state index contributed by atoms with van der Waals surface area (Å²) in [6.07, 6.45) is 0.984. The Morgan fingerprint density at radius 3 is 2.43 bits per heavy atom. The Labute approximate surface area is 85.4 Å². The van der Waals surface area contributed by atoms with Gasteiger partial charge in [0.1, 0.15) is 6.04 Å². The second-order valence-electron chi connectivity index (χ2n) is 4.00. The number of aliphatic hydroxyl groups is 1. The molecule has 0 radical (unpaired) electrons. The first kappa shape index (κ1) is 13.4. The van der Waals surface area contributed by atoms with E-state index in [1.54, 1.807) is 0 Å². The molecule has 0 aromatic heterocycles. The van der Waals surface area contributed by atoms with Crippen molar-refractivity contribution < 1.29 is 14.6 Å². The molecule has 0 fully saturated rings. The molecule has 0 aliphatic heterocycles. The van der Waals surface area contributed by atoms with Gasteiger partial charge < -0.3 is 15.6 Å². The van der Waals surface area contributed by atoms with Crippen LogP contribution in [0.5, 0.6) is 0 Å². The summed E-state index contributed by atoms with van der Waals surface area (Å²) in [5.74, 6) is 0.0686. The summed E-state index contributed by atoms with van der Waals surface area (Å²) >= 11 is 0. The van der Waals surface area contributed by atoms with E-state index in [-0.39, 0.29) is 19.1 Å². The molecule has 1 unspecified atom stereocenters. The van der Waals surface area contributed by atoms with Crippen molar-refractivity contribution in [2.75, 3.05) is 6.61 Å². The van der Waals surface area contributed by atoms with Gasteiger partial charge in [0, 0.05) is 6.61 Å². The zero-order valence-corrected chi connectivity index (χ0v) is 9.19. The molecule has 0 heterocycles. The van der Waals surface area contributed by atoms with Gasteiger partial charge in [0.15, 0.2) is 0 Å². The maximum atomic E-state index is 11.3. The minimum Gasteiger partial charge on any atom is -0.462 e. The van der Waals surface area contributed by atoms with Crippen LogP contribution in [0.2, 0.25) is 0 Å². The van der Waals surface area contributed by atoms with Gasteiger partial charge in [-0.2, -0.15) is 0 Å². The second-order valence-corrected chi connectivity index (χ2v) is 4.00. The van der Waals surface area contributed by atoms with Crippen molar-refractivity contribution in [1.82, 2.24) is 0 Å². The first-order valence-electron chi connectivity index (χ1n) is 5.04. The highest BCUT2D eigenvalue weighted by Crippen LogP contribution is 2.08. The fourth-order valence-corrected chi connectivity index (χ4v) is 1.25. The van der Waals surface area contributed by atoms with Crippen molar-refractivity contribution >= 4 is 5.97 Å². The van der Waals surface area contributed by atoms with Crippen LogP contribution in [0.3, 0.4) is 0 Å². The van der Waals surface area contributed by atoms with E-state index in [4.69, 9.17) is 15.6 Å². The molecule has 2 atom stereocenters. The largest absolute Gasteiger partial charge is 0.462 e. The summed E-state index contributed by atoms with van der Waals surface area (Å²) in [4.78, 5) is 11.3. The minimum atomic E-state index is -0.699. The van der Waals surface area contributed by atoms with Crippen LogP contribution in [0.25, 0.3) is 0 Å². The van der Waals surface area contributed by atoms with Gasteiger partial charge in [-0.15, -0.1) is 0 Å². The standard InChI is InChI=1S/C10H21NO3/c1-7(2)6-8(3)14-10(13)9(11)4-5-12/h7-9,12H,4-6,11H2,1-3H3/t8?,9-/m0/s1. The molecule has 0 aromatic carbocycles. The predicted molar refractivity (Wildman–Crippen MR) is 54.7 cm³/mol. The third-order valence-electron chi connectivity index (χ3n) is 1.86. The number of carbonyl (C=O) groups is 1. The van der Waals surface area contributed by atoms with Crippen molar-refractivity contribution in [1.29, 1.82) is 0 Å². The topological polar surface area (TPSA) is 72.5 Å². The lowest BCUT2D eigenvalue weighted by Crippen LogP contribution is -2.35. The van der Waals surface area contributed by atoms with E-state index in [2.05, 4.69) is 13.8 Å². The summed E-state index contributed by atoms with van der Waals surface area (Å²) in [5.41, 5.74) is 5.47. The molecule has 14 heavy (non-hydrogen) atoms. The molecule has 0 saturated carbocycles. The Bertz CT molecular complexity index is 171. The van der Waals surface area contributed by atoms with E-state index in [1.807, 2.05) is 6.92 Å². The van der Waals surface area contributed by atoms with Crippen LogP contribution in [-0.2, 0) is 9.53 Å². The first-order chi connectivity index (χ1) is 6.47. The number of esters is 1. The Morgan fingerprint density at radius 1 is 1.43 bits per heavy atom. The molecule has 0 saturated heterocycles. The fourth-order valence-electron chi connectivity index (χ4n) is 1.25. The Hall–Kier alpha value is -0.610. The zero-order valence-electron chi connectivity index (χ0n) is 9.19. The fraction of sp³-hybridized carbons (Fsp3) is 0.900. The molecule has 0 rings (SSSR count). The summed E-state index contributed by atoms with van der Waals surface area (Å²) in [7, 11) is 0. The van der Waals surface area contributed by atoms with Crippen LogP contribution < -0.4 is 5.73 Å². The third kappa shape index (κ3) is 5.94. The van der Waals surface area contributed by atoms with Crippen molar-refractivity contribution in [2.24, 2.45) is 11.7 Å². The van der Waals surface area contributed by atoms with E-state index in [0.29, 0.717) is 5.92 Å². The molecule has 0 aromatic rings. The number of nitrogens with two attached hydrogens (primary N) is 1. The predicted octanol–water partition coefficient (Wildman–Crippen LogP) is 0.674. The lowest BCUT2D eigenvalue weighted by molar-refractivity contribution is -0.150. The molecule has 84 valence electrons. The Balaban J connectivity index is 3.80. The second kappa shape index (κ2) is 6.79. The average molecular weight is 203 g/mol. The molecule has 0 aliphatic carbocycles. The number of ether oxygens (including phenoxy) is 1. The normalized spacial score (nSPS) is 15.3. The third-order valence-corrected chi connectivity index (χ3v) is 1.86. The van der Waals surface area contributed by atoms with Gasteiger partial charge in [-0.3, -0.25) is 4.79 Å². The highest BCUT2D eigenvalue weighted by Gasteiger charge is 2.17. The van der Waals surface area contributed by atoms with Crippen molar-refractivity contribution in [3.63, 3.8) is 0 Å². The maximum absolute atomic E-state index is 11.3. The van der Waals surface area contributed by atoms with Crippen LogP contribution in [0.15, 0.2) is 0 Å². The molecular weight excluding hydrogens is 182 g/mol. The van der Waals surface area contributed by atoms with E-state index >= 15 is 0 Å². The average Bonchev–Trinajstić information content (AvgIpc) is 2.02. The van der Waals surface area contributed by atoms with E-state index in [0.717, 1.165) is 6.42 Å². The van der Waals surface area contributed by atoms with Gasteiger partial charge in [0.2, 0.25) is 0 Å². The van der Waals surface area contributed by atoms with Crippen LogP contribution in [0.4, 0.5) is 0 Å². The molecule has 4 heteroatoms. The van der Waals surface area contributed by atoms with Gasteiger partial charge in [0.25, 0.3) is 0 Å². The number of hydrogen-bond acceptors (Lipinski definition) is 4. The van der Waals surface area contributed by atoms with Crippen LogP contribution in [0, 0.1) is 5.92 Å². The van der Waals surface area contributed by atoms with Gasteiger partial charge in [-0.05, 0) is 25.7 Å². The Kier molecular flexibility index (Phi) is 6.49. The highest BCUT2D eigenvalue weighted by atomic mass is 16.5. The lowest BCUT2D eigenvalue weighted by Gasteiger charge is -2.17. The number of rotatable bonds is 6. The molecule has 0 bridgehead atoms. The van der Waals surface area contributed by atoms with Crippen molar-refractivity contribution in [3.05, 3.63) is 0 Å². The molecule has 0 amide bonds. The highest BCUT2D eigenvalue weighted by molar-refractivity contribution is 5.75.